The maximum absolute atomic E-state index is 5.76. The van der Waals surface area contributed by atoms with E-state index in [1.54, 1.807) is 12.2 Å². The summed E-state index contributed by atoms with van der Waals surface area (Å²) in [6, 6.07) is 5.54. The Morgan fingerprint density at radius 1 is 1.33 bits per heavy atom. The predicted molar refractivity (Wildman–Crippen MR) is 62.1 cm³/mol. The number of hydroxylamine groups is 1. The lowest BCUT2D eigenvalue weighted by atomic mass is 10.2. The monoisotopic (exact) mass is 210 g/mol. The zero-order valence-electron chi connectivity index (χ0n) is 9.49. The van der Waals surface area contributed by atoms with Crippen molar-refractivity contribution in [1.82, 2.24) is 0 Å². The molecule has 0 unspecified atom stereocenters. The van der Waals surface area contributed by atoms with Crippen LogP contribution < -0.4 is 15.5 Å². The van der Waals surface area contributed by atoms with E-state index in [1.807, 2.05) is 25.2 Å². The van der Waals surface area contributed by atoms with E-state index in [4.69, 9.17) is 15.3 Å². The molecule has 0 atom stereocenters. The molecule has 4 nitrogen and oxygen atoms in total. The van der Waals surface area contributed by atoms with Crippen LogP contribution in [0.15, 0.2) is 18.2 Å². The second-order valence-corrected chi connectivity index (χ2v) is 3.29. The van der Waals surface area contributed by atoms with Crippen molar-refractivity contribution in [3.63, 3.8) is 0 Å². The fraction of sp³-hybridized carbons (Fsp3) is 0.455. The maximum atomic E-state index is 5.76. The highest BCUT2D eigenvalue weighted by Crippen LogP contribution is 2.24. The number of hydrogen-bond acceptors (Lipinski definition) is 4. The first-order valence-electron chi connectivity index (χ1n) is 4.98. The Labute approximate surface area is 90.5 Å². The third kappa shape index (κ3) is 3.32. The van der Waals surface area contributed by atoms with E-state index in [1.165, 1.54) is 0 Å². The molecule has 1 aromatic carbocycles. The highest BCUT2D eigenvalue weighted by molar-refractivity contribution is 5.59. The number of rotatable bonds is 5. The number of nitrogens with zero attached hydrogens (tertiary/aromatic N) is 1. The molecule has 1 aromatic rings. The van der Waals surface area contributed by atoms with Gasteiger partial charge >= 0.3 is 0 Å². The average Bonchev–Trinajstić information content (AvgIpc) is 2.24. The molecule has 0 fully saturated rings. The molecule has 15 heavy (non-hydrogen) atoms. The van der Waals surface area contributed by atoms with E-state index in [9.17, 15) is 0 Å². The van der Waals surface area contributed by atoms with Gasteiger partial charge in [0.25, 0.3) is 0 Å². The van der Waals surface area contributed by atoms with Gasteiger partial charge < -0.3 is 10.5 Å². The van der Waals surface area contributed by atoms with Crippen LogP contribution in [0.3, 0.4) is 0 Å². The van der Waals surface area contributed by atoms with E-state index in [0.717, 1.165) is 17.9 Å². The normalized spacial score (nSPS) is 10.1. The first kappa shape index (κ1) is 11.7. The fourth-order valence-electron chi connectivity index (χ4n) is 1.20. The number of anilines is 2. The molecule has 4 heteroatoms. The van der Waals surface area contributed by atoms with Crippen LogP contribution in [0.2, 0.25) is 0 Å². The van der Waals surface area contributed by atoms with E-state index in [-0.39, 0.29) is 0 Å². The average molecular weight is 210 g/mol. The molecule has 0 aliphatic carbocycles. The van der Waals surface area contributed by atoms with Crippen LogP contribution in [0.5, 0.6) is 5.75 Å². The molecular formula is C11H18N2O2. The Bertz CT molecular complexity index is 315. The summed E-state index contributed by atoms with van der Waals surface area (Å²) in [6.07, 6.45) is 0.976. The van der Waals surface area contributed by atoms with Gasteiger partial charge in [0.05, 0.1) is 19.4 Å². The van der Waals surface area contributed by atoms with Crippen LogP contribution in [0, 0.1) is 0 Å². The van der Waals surface area contributed by atoms with Crippen LogP contribution >= 0.6 is 0 Å². The highest BCUT2D eigenvalue weighted by atomic mass is 16.7. The number of hydrogen-bond donors (Lipinski definition) is 1. The maximum Gasteiger partial charge on any atom is 0.123 e. The third-order valence-corrected chi connectivity index (χ3v) is 2.02. The lowest BCUT2D eigenvalue weighted by Gasteiger charge is -2.17. The van der Waals surface area contributed by atoms with Crippen molar-refractivity contribution in [2.45, 2.75) is 13.3 Å². The molecule has 1 rings (SSSR count). The van der Waals surface area contributed by atoms with Crippen molar-refractivity contribution < 1.29 is 9.57 Å². The zero-order chi connectivity index (χ0) is 11.3. The van der Waals surface area contributed by atoms with E-state index in [2.05, 4.69) is 6.92 Å². The van der Waals surface area contributed by atoms with Gasteiger partial charge in [-0.3, -0.25) is 9.90 Å². The summed E-state index contributed by atoms with van der Waals surface area (Å²) in [5.41, 5.74) is 7.31. The number of nitrogens with two attached hydrogens (primary N) is 1. The summed E-state index contributed by atoms with van der Waals surface area (Å²) in [5.74, 6) is 0.774. The Kier molecular flexibility index (Phi) is 4.24. The smallest absolute Gasteiger partial charge is 0.123 e. The van der Waals surface area contributed by atoms with Crippen LogP contribution in [0.4, 0.5) is 11.4 Å². The summed E-state index contributed by atoms with van der Waals surface area (Å²) in [4.78, 5) is 5.07. The van der Waals surface area contributed by atoms with Gasteiger partial charge in [0.2, 0.25) is 0 Å². The van der Waals surface area contributed by atoms with Crippen molar-refractivity contribution in [1.29, 1.82) is 0 Å². The van der Waals surface area contributed by atoms with E-state index in [0.29, 0.717) is 12.3 Å². The second-order valence-electron chi connectivity index (χ2n) is 3.29. The summed E-state index contributed by atoms with van der Waals surface area (Å²) in [7, 11) is 3.42. The summed E-state index contributed by atoms with van der Waals surface area (Å²) >= 11 is 0. The van der Waals surface area contributed by atoms with Crippen LogP contribution in [-0.4, -0.2) is 20.8 Å². The Hall–Kier alpha value is -1.42. The minimum Gasteiger partial charge on any atom is -0.493 e. The van der Waals surface area contributed by atoms with Crippen molar-refractivity contribution in [3.8, 4) is 5.75 Å². The van der Waals surface area contributed by atoms with E-state index >= 15 is 0 Å². The van der Waals surface area contributed by atoms with Crippen molar-refractivity contribution in [2.75, 3.05) is 31.6 Å². The van der Waals surface area contributed by atoms with Crippen LogP contribution in [0.1, 0.15) is 13.3 Å². The minimum atomic E-state index is 0.669. The molecule has 2 N–H and O–H groups in total. The van der Waals surface area contributed by atoms with Crippen LogP contribution in [0.25, 0.3) is 0 Å². The van der Waals surface area contributed by atoms with Gasteiger partial charge in [-0.1, -0.05) is 6.92 Å². The molecule has 0 heterocycles. The summed E-state index contributed by atoms with van der Waals surface area (Å²) < 4.78 is 5.51. The molecule has 0 radical (unpaired) electrons. The molecule has 0 saturated carbocycles. The Morgan fingerprint density at radius 2 is 2.07 bits per heavy atom. The largest absolute Gasteiger partial charge is 0.493 e. The molecule has 0 spiro atoms. The van der Waals surface area contributed by atoms with Gasteiger partial charge in [0.15, 0.2) is 0 Å². The standard InChI is InChI=1S/C11H18N2O2/c1-4-5-15-11-7-9(12)6-10(8-11)13(2)14-3/h6-8H,4-5,12H2,1-3H3. The fourth-order valence-corrected chi connectivity index (χ4v) is 1.20. The molecular weight excluding hydrogens is 192 g/mol. The lowest BCUT2D eigenvalue weighted by molar-refractivity contribution is 0.184. The minimum absolute atomic E-state index is 0.669. The second kappa shape index (κ2) is 5.46. The Morgan fingerprint density at radius 3 is 2.67 bits per heavy atom. The van der Waals surface area contributed by atoms with Crippen molar-refractivity contribution >= 4 is 11.4 Å². The molecule has 0 bridgehead atoms. The molecule has 0 amide bonds. The molecule has 0 saturated heterocycles. The third-order valence-electron chi connectivity index (χ3n) is 2.02. The van der Waals surface area contributed by atoms with Gasteiger partial charge in [-0.25, -0.2) is 0 Å². The number of nitrogen functional groups attached to an aromatic ring is 1. The lowest BCUT2D eigenvalue weighted by Crippen LogP contribution is -2.15. The first-order valence-corrected chi connectivity index (χ1v) is 4.98. The van der Waals surface area contributed by atoms with Gasteiger partial charge in [0, 0.05) is 24.9 Å². The van der Waals surface area contributed by atoms with Gasteiger partial charge in [-0.2, -0.15) is 0 Å². The van der Waals surface area contributed by atoms with E-state index < -0.39 is 0 Å². The van der Waals surface area contributed by atoms with Gasteiger partial charge in [0.1, 0.15) is 5.75 Å². The number of benzene rings is 1. The highest BCUT2D eigenvalue weighted by Gasteiger charge is 2.03. The van der Waals surface area contributed by atoms with Crippen LogP contribution in [-0.2, 0) is 4.84 Å². The molecule has 0 aliphatic heterocycles. The predicted octanol–water partition coefficient (Wildman–Crippen LogP) is 2.06. The van der Waals surface area contributed by atoms with Gasteiger partial charge in [-0.15, -0.1) is 0 Å². The van der Waals surface area contributed by atoms with Gasteiger partial charge in [-0.05, 0) is 12.5 Å². The molecule has 0 aliphatic rings. The summed E-state index contributed by atoms with van der Waals surface area (Å²) in [5, 5.41) is 1.63. The molecule has 84 valence electrons. The Balaban J connectivity index is 2.84. The van der Waals surface area contributed by atoms with Crippen molar-refractivity contribution in [2.24, 2.45) is 0 Å². The quantitative estimate of drug-likeness (QED) is 0.597. The SMILES string of the molecule is CCCOc1cc(N)cc(N(C)OC)c1. The molecule has 0 aromatic heterocycles. The zero-order valence-corrected chi connectivity index (χ0v) is 9.49. The first-order chi connectivity index (χ1) is 7.17. The summed E-state index contributed by atoms with van der Waals surface area (Å²) in [6.45, 7) is 2.76. The topological polar surface area (TPSA) is 47.7 Å². The van der Waals surface area contributed by atoms with Crippen molar-refractivity contribution in [3.05, 3.63) is 18.2 Å². The number of ether oxygens (including phenoxy) is 1.